The highest BCUT2D eigenvalue weighted by molar-refractivity contribution is 5.38. The van der Waals surface area contributed by atoms with Gasteiger partial charge in [0.05, 0.1) is 5.60 Å². The Hall–Kier alpha value is -1.54. The van der Waals surface area contributed by atoms with E-state index in [1.807, 2.05) is 44.2 Å². The van der Waals surface area contributed by atoms with Gasteiger partial charge in [-0.25, -0.2) is 0 Å². The molecule has 0 saturated carbocycles. The van der Waals surface area contributed by atoms with E-state index in [1.165, 1.54) is 5.57 Å². The molecule has 2 nitrogen and oxygen atoms in total. The molecule has 0 radical (unpaired) electrons. The van der Waals surface area contributed by atoms with Crippen LogP contribution in [0.5, 0.6) is 5.75 Å². The van der Waals surface area contributed by atoms with Gasteiger partial charge >= 0.3 is 0 Å². The predicted molar refractivity (Wildman–Crippen MR) is 69.0 cm³/mol. The van der Waals surface area contributed by atoms with Gasteiger partial charge in [0.2, 0.25) is 0 Å². The highest BCUT2D eigenvalue weighted by atomic mass is 16.3. The SMILES string of the molecule is CC1=CCC(O)(Cc2cc(C)ccc2O)C=C1. The van der Waals surface area contributed by atoms with Crippen molar-refractivity contribution in [1.29, 1.82) is 0 Å². The highest BCUT2D eigenvalue weighted by Crippen LogP contribution is 2.29. The standard InChI is InChI=1S/C15H18O2/c1-11-5-7-15(17,8-6-11)10-13-9-12(2)3-4-14(13)16/h3-7,9,16-17H,8,10H2,1-2H3. The summed E-state index contributed by atoms with van der Waals surface area (Å²) in [6, 6.07) is 5.47. The van der Waals surface area contributed by atoms with Crippen LogP contribution in [-0.2, 0) is 6.42 Å². The van der Waals surface area contributed by atoms with Crippen LogP contribution in [0.25, 0.3) is 0 Å². The van der Waals surface area contributed by atoms with Crippen molar-refractivity contribution in [3.05, 3.63) is 53.1 Å². The first kappa shape index (κ1) is 11.9. The number of hydrogen-bond acceptors (Lipinski definition) is 2. The predicted octanol–water partition coefficient (Wildman–Crippen LogP) is 2.88. The van der Waals surface area contributed by atoms with Crippen molar-refractivity contribution in [1.82, 2.24) is 0 Å². The van der Waals surface area contributed by atoms with Gasteiger partial charge in [0.25, 0.3) is 0 Å². The van der Waals surface area contributed by atoms with Crippen LogP contribution in [0, 0.1) is 6.92 Å². The first-order valence-corrected chi connectivity index (χ1v) is 5.85. The normalized spacial score (nSPS) is 23.6. The van der Waals surface area contributed by atoms with E-state index in [1.54, 1.807) is 6.07 Å². The number of rotatable bonds is 2. The summed E-state index contributed by atoms with van der Waals surface area (Å²) < 4.78 is 0. The minimum Gasteiger partial charge on any atom is -0.508 e. The van der Waals surface area contributed by atoms with Gasteiger partial charge in [-0.05, 0) is 31.9 Å². The Kier molecular flexibility index (Phi) is 3.07. The summed E-state index contributed by atoms with van der Waals surface area (Å²) in [4.78, 5) is 0. The van der Waals surface area contributed by atoms with Crippen molar-refractivity contribution in [2.75, 3.05) is 0 Å². The number of phenols is 1. The first-order chi connectivity index (χ1) is 7.98. The Morgan fingerprint density at radius 3 is 2.71 bits per heavy atom. The van der Waals surface area contributed by atoms with E-state index in [0.717, 1.165) is 11.1 Å². The molecule has 2 heteroatoms. The summed E-state index contributed by atoms with van der Waals surface area (Å²) in [6.07, 6.45) is 6.82. The lowest BCUT2D eigenvalue weighted by Gasteiger charge is -2.26. The summed E-state index contributed by atoms with van der Waals surface area (Å²) in [7, 11) is 0. The third kappa shape index (κ3) is 2.77. The number of benzene rings is 1. The molecule has 0 heterocycles. The Balaban J connectivity index is 2.21. The Bertz CT molecular complexity index is 486. The minimum atomic E-state index is -0.870. The van der Waals surface area contributed by atoms with Gasteiger partial charge in [0.1, 0.15) is 5.75 Å². The molecular formula is C15H18O2. The zero-order valence-electron chi connectivity index (χ0n) is 10.3. The summed E-state index contributed by atoms with van der Waals surface area (Å²) in [5.74, 6) is 0.253. The van der Waals surface area contributed by atoms with Gasteiger partial charge in [-0.1, -0.05) is 41.5 Å². The third-order valence-electron chi connectivity index (χ3n) is 3.17. The van der Waals surface area contributed by atoms with E-state index in [-0.39, 0.29) is 5.75 Å². The van der Waals surface area contributed by atoms with Crippen molar-refractivity contribution < 1.29 is 10.2 Å². The lowest BCUT2D eigenvalue weighted by molar-refractivity contribution is 0.0923. The maximum atomic E-state index is 10.4. The van der Waals surface area contributed by atoms with Crippen LogP contribution in [0.3, 0.4) is 0 Å². The molecule has 0 aliphatic heterocycles. The van der Waals surface area contributed by atoms with Crippen molar-refractivity contribution in [2.24, 2.45) is 0 Å². The lowest BCUT2D eigenvalue weighted by atomic mass is 9.86. The summed E-state index contributed by atoms with van der Waals surface area (Å²) in [5, 5.41) is 20.2. The molecule has 1 aromatic rings. The second-order valence-corrected chi connectivity index (χ2v) is 4.90. The Morgan fingerprint density at radius 2 is 2.06 bits per heavy atom. The molecule has 2 rings (SSSR count). The van der Waals surface area contributed by atoms with Gasteiger partial charge in [-0.15, -0.1) is 0 Å². The van der Waals surface area contributed by atoms with Gasteiger partial charge in [-0.3, -0.25) is 0 Å². The molecule has 0 bridgehead atoms. The van der Waals surface area contributed by atoms with Crippen LogP contribution in [0.15, 0.2) is 42.0 Å². The minimum absolute atomic E-state index is 0.253. The molecule has 1 aliphatic rings. The molecule has 0 amide bonds. The number of aromatic hydroxyl groups is 1. The maximum absolute atomic E-state index is 10.4. The second kappa shape index (κ2) is 4.38. The van der Waals surface area contributed by atoms with Gasteiger partial charge < -0.3 is 10.2 Å². The topological polar surface area (TPSA) is 40.5 Å². The van der Waals surface area contributed by atoms with Crippen molar-refractivity contribution >= 4 is 0 Å². The van der Waals surface area contributed by atoms with E-state index in [9.17, 15) is 10.2 Å². The fraction of sp³-hybridized carbons (Fsp3) is 0.333. The van der Waals surface area contributed by atoms with Crippen LogP contribution in [0.4, 0.5) is 0 Å². The summed E-state index contributed by atoms with van der Waals surface area (Å²) >= 11 is 0. The fourth-order valence-electron chi connectivity index (χ4n) is 2.08. The highest BCUT2D eigenvalue weighted by Gasteiger charge is 2.26. The van der Waals surface area contributed by atoms with Crippen molar-refractivity contribution in [3.63, 3.8) is 0 Å². The molecule has 17 heavy (non-hydrogen) atoms. The van der Waals surface area contributed by atoms with Crippen LogP contribution < -0.4 is 0 Å². The van der Waals surface area contributed by atoms with Gasteiger partial charge in [-0.2, -0.15) is 0 Å². The van der Waals surface area contributed by atoms with Crippen LogP contribution >= 0.6 is 0 Å². The van der Waals surface area contributed by atoms with Crippen molar-refractivity contribution in [3.8, 4) is 5.75 Å². The van der Waals surface area contributed by atoms with E-state index < -0.39 is 5.60 Å². The molecule has 0 fully saturated rings. The third-order valence-corrected chi connectivity index (χ3v) is 3.17. The average Bonchev–Trinajstić information content (AvgIpc) is 2.28. The molecule has 1 atom stereocenters. The zero-order valence-corrected chi connectivity index (χ0v) is 10.3. The van der Waals surface area contributed by atoms with Crippen molar-refractivity contribution in [2.45, 2.75) is 32.3 Å². The second-order valence-electron chi connectivity index (χ2n) is 4.90. The number of allylic oxidation sites excluding steroid dienone is 2. The molecule has 1 unspecified atom stereocenters. The molecule has 1 aliphatic carbocycles. The molecule has 0 saturated heterocycles. The van der Waals surface area contributed by atoms with E-state index in [4.69, 9.17) is 0 Å². The summed E-state index contributed by atoms with van der Waals surface area (Å²) in [5.41, 5.74) is 2.19. The van der Waals surface area contributed by atoms with Crippen LogP contribution in [-0.4, -0.2) is 15.8 Å². The van der Waals surface area contributed by atoms with E-state index in [2.05, 4.69) is 0 Å². The van der Waals surface area contributed by atoms with E-state index in [0.29, 0.717) is 12.8 Å². The Labute approximate surface area is 102 Å². The molecule has 0 spiro atoms. The Morgan fingerprint density at radius 1 is 1.29 bits per heavy atom. The number of hydrogen-bond donors (Lipinski definition) is 2. The van der Waals surface area contributed by atoms with Gasteiger partial charge in [0.15, 0.2) is 0 Å². The maximum Gasteiger partial charge on any atom is 0.118 e. The summed E-state index contributed by atoms with van der Waals surface area (Å²) in [6.45, 7) is 3.99. The molecule has 2 N–H and O–H groups in total. The number of aliphatic hydroxyl groups is 1. The molecular weight excluding hydrogens is 212 g/mol. The zero-order chi connectivity index (χ0) is 12.5. The van der Waals surface area contributed by atoms with Gasteiger partial charge in [0, 0.05) is 6.42 Å². The average molecular weight is 230 g/mol. The first-order valence-electron chi connectivity index (χ1n) is 5.85. The molecule has 90 valence electrons. The smallest absolute Gasteiger partial charge is 0.118 e. The van der Waals surface area contributed by atoms with Crippen LogP contribution in [0.1, 0.15) is 24.5 Å². The fourth-order valence-corrected chi connectivity index (χ4v) is 2.08. The monoisotopic (exact) mass is 230 g/mol. The van der Waals surface area contributed by atoms with Crippen LogP contribution in [0.2, 0.25) is 0 Å². The number of aryl methyl sites for hydroxylation is 1. The lowest BCUT2D eigenvalue weighted by Crippen LogP contribution is -2.29. The number of phenolic OH excluding ortho intramolecular Hbond substituents is 1. The largest absolute Gasteiger partial charge is 0.508 e. The molecule has 1 aromatic carbocycles. The molecule has 0 aromatic heterocycles. The quantitative estimate of drug-likeness (QED) is 0.820. The van der Waals surface area contributed by atoms with E-state index >= 15 is 0 Å².